The Labute approximate surface area is 192 Å². The van der Waals surface area contributed by atoms with Crippen LogP contribution in [0.4, 0.5) is 4.39 Å². The first-order valence-electron chi connectivity index (χ1n) is 10.9. The molecular weight excluding hydrogens is 449 g/mol. The second kappa shape index (κ2) is 9.48. The molecule has 0 atom stereocenters. The van der Waals surface area contributed by atoms with Gasteiger partial charge in [0.05, 0.1) is 5.56 Å². The Balaban J connectivity index is 1.31. The Morgan fingerprint density at radius 3 is 2.06 bits per heavy atom. The van der Waals surface area contributed by atoms with Gasteiger partial charge in [0.25, 0.3) is 5.91 Å². The van der Waals surface area contributed by atoms with E-state index in [-0.39, 0.29) is 47.0 Å². The van der Waals surface area contributed by atoms with Gasteiger partial charge in [-0.3, -0.25) is 9.59 Å². The lowest BCUT2D eigenvalue weighted by atomic mass is 9.96. The van der Waals surface area contributed by atoms with Crippen LogP contribution in [-0.2, 0) is 14.8 Å². The standard InChI is InChI=1S/C23H26FN3O5S/c24-19-6-2-4-8-21(19)33(31,32)27-11-9-17(10-12-27)22(29)25-13-15-26(16-14-25)23(30)18-5-1-3-7-20(18)28/h1-8,17,28H,9-16H2. The Morgan fingerprint density at radius 1 is 0.848 bits per heavy atom. The number of carbonyl (C=O) groups excluding carboxylic acids is 2. The first kappa shape index (κ1) is 23.2. The van der Waals surface area contributed by atoms with Crippen molar-refractivity contribution in [3.63, 3.8) is 0 Å². The van der Waals surface area contributed by atoms with Crippen LogP contribution in [-0.4, -0.2) is 78.7 Å². The summed E-state index contributed by atoms with van der Waals surface area (Å²) >= 11 is 0. The van der Waals surface area contributed by atoms with Crippen molar-refractivity contribution in [3.8, 4) is 5.75 Å². The van der Waals surface area contributed by atoms with Crippen LogP contribution in [0.5, 0.6) is 5.75 Å². The van der Waals surface area contributed by atoms with Gasteiger partial charge in [-0.15, -0.1) is 0 Å². The second-order valence-electron chi connectivity index (χ2n) is 8.24. The molecule has 2 saturated heterocycles. The van der Waals surface area contributed by atoms with E-state index < -0.39 is 15.8 Å². The van der Waals surface area contributed by atoms with Gasteiger partial charge in [0, 0.05) is 45.2 Å². The number of phenols is 1. The van der Waals surface area contributed by atoms with Crippen molar-refractivity contribution in [1.82, 2.24) is 14.1 Å². The third-order valence-electron chi connectivity index (χ3n) is 6.27. The van der Waals surface area contributed by atoms with Gasteiger partial charge in [-0.2, -0.15) is 4.31 Å². The predicted molar refractivity (Wildman–Crippen MR) is 118 cm³/mol. The molecule has 1 N–H and O–H groups in total. The van der Waals surface area contributed by atoms with Gasteiger partial charge in [-0.05, 0) is 37.1 Å². The first-order chi connectivity index (χ1) is 15.8. The van der Waals surface area contributed by atoms with Gasteiger partial charge >= 0.3 is 0 Å². The van der Waals surface area contributed by atoms with E-state index in [2.05, 4.69) is 0 Å². The number of piperazine rings is 1. The van der Waals surface area contributed by atoms with Crippen LogP contribution in [0.15, 0.2) is 53.4 Å². The number of aromatic hydroxyl groups is 1. The molecule has 8 nitrogen and oxygen atoms in total. The number of piperidine rings is 1. The first-order valence-corrected chi connectivity index (χ1v) is 12.3. The lowest BCUT2D eigenvalue weighted by Crippen LogP contribution is -2.53. The SMILES string of the molecule is O=C(c1ccccc1O)N1CCN(C(=O)C2CCN(S(=O)(=O)c3ccccc3F)CC2)CC1. The van der Waals surface area contributed by atoms with Gasteiger partial charge < -0.3 is 14.9 Å². The minimum absolute atomic E-state index is 0.0485. The normalized spacial score (nSPS) is 18.3. The number of hydrogen-bond acceptors (Lipinski definition) is 5. The number of carbonyl (C=O) groups is 2. The summed E-state index contributed by atoms with van der Waals surface area (Å²) in [5.74, 6) is -1.48. The van der Waals surface area contributed by atoms with E-state index in [4.69, 9.17) is 0 Å². The van der Waals surface area contributed by atoms with E-state index in [9.17, 15) is 27.5 Å². The Bertz CT molecular complexity index is 1140. The molecule has 176 valence electrons. The average Bonchev–Trinajstić information content (AvgIpc) is 2.84. The molecule has 2 aliphatic rings. The zero-order chi connectivity index (χ0) is 23.6. The maximum absolute atomic E-state index is 14.0. The number of hydrogen-bond donors (Lipinski definition) is 1. The largest absolute Gasteiger partial charge is 0.507 e. The summed E-state index contributed by atoms with van der Waals surface area (Å²) in [6, 6.07) is 11.7. The molecule has 2 heterocycles. The van der Waals surface area contributed by atoms with Crippen LogP contribution in [0.1, 0.15) is 23.2 Å². The predicted octanol–water partition coefficient (Wildman–Crippen LogP) is 1.92. The summed E-state index contributed by atoms with van der Waals surface area (Å²) in [5.41, 5.74) is 0.237. The number of halogens is 1. The number of sulfonamides is 1. The van der Waals surface area contributed by atoms with E-state index in [0.717, 1.165) is 6.07 Å². The van der Waals surface area contributed by atoms with Gasteiger partial charge in [0.1, 0.15) is 16.5 Å². The maximum Gasteiger partial charge on any atom is 0.257 e. The molecular formula is C23H26FN3O5S. The van der Waals surface area contributed by atoms with Crippen molar-refractivity contribution < 1.29 is 27.5 Å². The molecule has 2 aromatic carbocycles. The smallest absolute Gasteiger partial charge is 0.257 e. The van der Waals surface area contributed by atoms with E-state index >= 15 is 0 Å². The van der Waals surface area contributed by atoms with Crippen molar-refractivity contribution >= 4 is 21.8 Å². The Kier molecular flexibility index (Phi) is 6.66. The molecule has 2 aliphatic heterocycles. The van der Waals surface area contributed by atoms with Gasteiger partial charge in [0.15, 0.2) is 0 Å². The van der Waals surface area contributed by atoms with Crippen molar-refractivity contribution in [3.05, 3.63) is 59.9 Å². The molecule has 0 aromatic heterocycles. The third kappa shape index (κ3) is 4.72. The highest BCUT2D eigenvalue weighted by molar-refractivity contribution is 7.89. The molecule has 0 saturated carbocycles. The number of para-hydroxylation sites is 1. The van der Waals surface area contributed by atoms with Crippen molar-refractivity contribution in [2.75, 3.05) is 39.3 Å². The summed E-state index contributed by atoms with van der Waals surface area (Å²) in [6.45, 7) is 1.79. The third-order valence-corrected chi connectivity index (χ3v) is 8.20. The fraction of sp³-hybridized carbons (Fsp3) is 0.391. The Morgan fingerprint density at radius 2 is 1.42 bits per heavy atom. The summed E-state index contributed by atoms with van der Waals surface area (Å²) in [6.07, 6.45) is 0.729. The van der Waals surface area contributed by atoms with Gasteiger partial charge in [0.2, 0.25) is 15.9 Å². The summed E-state index contributed by atoms with van der Waals surface area (Å²) < 4.78 is 40.8. The summed E-state index contributed by atoms with van der Waals surface area (Å²) in [7, 11) is -3.94. The molecule has 0 aliphatic carbocycles. The van der Waals surface area contributed by atoms with Crippen LogP contribution >= 0.6 is 0 Å². The zero-order valence-electron chi connectivity index (χ0n) is 18.1. The number of amides is 2. The molecule has 4 rings (SSSR count). The molecule has 0 unspecified atom stereocenters. The lowest BCUT2D eigenvalue weighted by Gasteiger charge is -2.38. The minimum atomic E-state index is -3.94. The molecule has 2 aromatic rings. The van der Waals surface area contributed by atoms with Crippen LogP contribution in [0.3, 0.4) is 0 Å². The molecule has 33 heavy (non-hydrogen) atoms. The Hall–Kier alpha value is -2.98. The minimum Gasteiger partial charge on any atom is -0.507 e. The van der Waals surface area contributed by atoms with E-state index in [1.807, 2.05) is 0 Å². The highest BCUT2D eigenvalue weighted by Gasteiger charge is 2.36. The molecule has 2 amide bonds. The van der Waals surface area contributed by atoms with Crippen molar-refractivity contribution in [2.45, 2.75) is 17.7 Å². The number of nitrogens with zero attached hydrogens (tertiary/aromatic N) is 3. The number of benzene rings is 2. The molecule has 0 spiro atoms. The van der Waals surface area contributed by atoms with Crippen LogP contribution < -0.4 is 0 Å². The quantitative estimate of drug-likeness (QED) is 0.729. The van der Waals surface area contributed by atoms with Gasteiger partial charge in [-0.1, -0.05) is 24.3 Å². The van der Waals surface area contributed by atoms with Crippen molar-refractivity contribution in [2.24, 2.45) is 5.92 Å². The van der Waals surface area contributed by atoms with E-state index in [0.29, 0.717) is 39.0 Å². The fourth-order valence-electron chi connectivity index (χ4n) is 4.35. The molecule has 0 radical (unpaired) electrons. The molecule has 2 fully saturated rings. The number of phenolic OH excluding ortho intramolecular Hbond substituents is 1. The fourth-order valence-corrected chi connectivity index (χ4v) is 5.88. The van der Waals surface area contributed by atoms with Crippen LogP contribution in [0.25, 0.3) is 0 Å². The monoisotopic (exact) mass is 475 g/mol. The second-order valence-corrected chi connectivity index (χ2v) is 10.1. The molecule has 10 heteroatoms. The van der Waals surface area contributed by atoms with Crippen LogP contribution in [0.2, 0.25) is 0 Å². The highest BCUT2D eigenvalue weighted by atomic mass is 32.2. The lowest BCUT2D eigenvalue weighted by molar-refractivity contribution is -0.138. The summed E-state index contributed by atoms with van der Waals surface area (Å²) in [5, 5.41) is 9.91. The van der Waals surface area contributed by atoms with Gasteiger partial charge in [-0.25, -0.2) is 12.8 Å². The number of rotatable bonds is 4. The van der Waals surface area contributed by atoms with E-state index in [1.54, 1.807) is 28.0 Å². The zero-order valence-corrected chi connectivity index (χ0v) is 18.9. The van der Waals surface area contributed by atoms with Crippen LogP contribution in [0, 0.1) is 11.7 Å². The molecule has 0 bridgehead atoms. The van der Waals surface area contributed by atoms with Crippen molar-refractivity contribution in [1.29, 1.82) is 0 Å². The topological polar surface area (TPSA) is 98.2 Å². The van der Waals surface area contributed by atoms with E-state index in [1.165, 1.54) is 28.6 Å². The average molecular weight is 476 g/mol. The highest BCUT2D eigenvalue weighted by Crippen LogP contribution is 2.27. The maximum atomic E-state index is 14.0. The summed E-state index contributed by atoms with van der Waals surface area (Å²) in [4.78, 5) is 28.6.